The Balaban J connectivity index is 2.00. The second-order valence-corrected chi connectivity index (χ2v) is 5.07. The number of nitrogens with zero attached hydrogens (tertiary/aromatic N) is 2. The summed E-state index contributed by atoms with van der Waals surface area (Å²) in [7, 11) is 1.26. The molecule has 0 saturated heterocycles. The van der Waals surface area contributed by atoms with E-state index in [-0.39, 0.29) is 22.3 Å². The number of methoxy groups -OCH3 is 1. The first-order chi connectivity index (χ1) is 11.5. The molecule has 0 aliphatic heterocycles. The van der Waals surface area contributed by atoms with Crippen molar-refractivity contribution in [3.63, 3.8) is 0 Å². The minimum absolute atomic E-state index is 0.190. The van der Waals surface area contributed by atoms with Crippen molar-refractivity contribution < 1.29 is 14.3 Å². The lowest BCUT2D eigenvalue weighted by molar-refractivity contribution is 0.0602. The number of carbonyl (C=O) groups is 2. The average Bonchev–Trinajstić information content (AvgIpc) is 2.98. The molecular formula is C16H14N4O4. The van der Waals surface area contributed by atoms with E-state index in [1.807, 2.05) is 0 Å². The second-order valence-electron chi connectivity index (χ2n) is 5.07. The number of para-hydroxylation sites is 1. The van der Waals surface area contributed by atoms with Gasteiger partial charge < -0.3 is 10.1 Å². The highest BCUT2D eigenvalue weighted by Crippen LogP contribution is 2.18. The van der Waals surface area contributed by atoms with E-state index < -0.39 is 11.9 Å². The van der Waals surface area contributed by atoms with Crippen LogP contribution in [0.2, 0.25) is 0 Å². The number of esters is 1. The van der Waals surface area contributed by atoms with E-state index in [4.69, 9.17) is 4.74 Å². The summed E-state index contributed by atoms with van der Waals surface area (Å²) in [6, 6.07) is 7.84. The van der Waals surface area contributed by atoms with Gasteiger partial charge in [0, 0.05) is 18.0 Å². The zero-order chi connectivity index (χ0) is 17.3. The number of nitrogens with one attached hydrogen (secondary N) is 2. The Morgan fingerprint density at radius 1 is 1.25 bits per heavy atom. The largest absolute Gasteiger partial charge is 0.465 e. The molecule has 2 heterocycles. The molecule has 24 heavy (non-hydrogen) atoms. The van der Waals surface area contributed by atoms with Crippen LogP contribution in [0, 0.1) is 6.92 Å². The van der Waals surface area contributed by atoms with Crippen LogP contribution in [0.1, 0.15) is 26.4 Å². The van der Waals surface area contributed by atoms with Crippen LogP contribution in [0.3, 0.4) is 0 Å². The molecule has 122 valence electrons. The van der Waals surface area contributed by atoms with Gasteiger partial charge in [0.2, 0.25) is 0 Å². The highest BCUT2D eigenvalue weighted by Gasteiger charge is 2.18. The van der Waals surface area contributed by atoms with Crippen molar-refractivity contribution in [1.82, 2.24) is 14.6 Å². The number of aryl methyl sites for hydroxylation is 1. The number of aromatic nitrogens is 3. The Morgan fingerprint density at radius 3 is 2.75 bits per heavy atom. The molecule has 0 fully saturated rings. The second kappa shape index (κ2) is 5.99. The minimum atomic E-state index is -0.560. The highest BCUT2D eigenvalue weighted by atomic mass is 16.5. The fourth-order valence-electron chi connectivity index (χ4n) is 2.33. The van der Waals surface area contributed by atoms with Crippen LogP contribution >= 0.6 is 0 Å². The third-order valence-corrected chi connectivity index (χ3v) is 3.45. The van der Waals surface area contributed by atoms with E-state index in [0.29, 0.717) is 11.4 Å². The first-order valence-corrected chi connectivity index (χ1v) is 7.07. The predicted molar refractivity (Wildman–Crippen MR) is 86.3 cm³/mol. The van der Waals surface area contributed by atoms with Crippen molar-refractivity contribution in [1.29, 1.82) is 0 Å². The monoisotopic (exact) mass is 326 g/mol. The van der Waals surface area contributed by atoms with Gasteiger partial charge in [-0.3, -0.25) is 14.7 Å². The van der Waals surface area contributed by atoms with Gasteiger partial charge >= 0.3 is 5.97 Å². The number of rotatable bonds is 3. The summed E-state index contributed by atoms with van der Waals surface area (Å²) in [6.45, 7) is 1.67. The van der Waals surface area contributed by atoms with Gasteiger partial charge in [-0.05, 0) is 19.1 Å². The zero-order valence-electron chi connectivity index (χ0n) is 13.0. The molecule has 0 aliphatic rings. The molecule has 1 aromatic carbocycles. The van der Waals surface area contributed by atoms with Crippen LogP contribution in [0.25, 0.3) is 5.65 Å². The summed E-state index contributed by atoms with van der Waals surface area (Å²) in [5.41, 5.74) is 1.14. The predicted octanol–water partition coefficient (Wildman–Crippen LogP) is 1.37. The van der Waals surface area contributed by atoms with Crippen LogP contribution in [-0.2, 0) is 4.74 Å². The first-order valence-electron chi connectivity index (χ1n) is 7.07. The molecule has 0 radical (unpaired) electrons. The summed E-state index contributed by atoms with van der Waals surface area (Å²) in [4.78, 5) is 40.4. The summed E-state index contributed by atoms with van der Waals surface area (Å²) in [5.74, 6) is -1.06. The molecule has 1 amide bonds. The molecule has 3 aromatic rings. The Bertz CT molecular complexity index is 1000. The maximum absolute atomic E-state index is 12.5. The number of aromatic amines is 1. The molecule has 0 aliphatic carbocycles. The number of benzene rings is 1. The molecule has 8 heteroatoms. The average molecular weight is 326 g/mol. The zero-order valence-corrected chi connectivity index (χ0v) is 13.0. The van der Waals surface area contributed by atoms with Crippen molar-refractivity contribution in [2.75, 3.05) is 12.4 Å². The van der Waals surface area contributed by atoms with Gasteiger partial charge in [-0.25, -0.2) is 14.3 Å². The quantitative estimate of drug-likeness (QED) is 0.707. The lowest BCUT2D eigenvalue weighted by atomic mass is 10.1. The van der Waals surface area contributed by atoms with Gasteiger partial charge in [0.25, 0.3) is 11.5 Å². The lowest BCUT2D eigenvalue weighted by Crippen LogP contribution is -2.18. The van der Waals surface area contributed by atoms with Gasteiger partial charge in [0.15, 0.2) is 5.65 Å². The smallest absolute Gasteiger partial charge is 0.339 e. The number of hydrogen-bond acceptors (Lipinski definition) is 5. The summed E-state index contributed by atoms with van der Waals surface area (Å²) in [6.07, 6.45) is 1.39. The highest BCUT2D eigenvalue weighted by molar-refractivity contribution is 6.10. The number of carbonyl (C=O) groups excluding carboxylic acids is 2. The van der Waals surface area contributed by atoms with E-state index in [1.165, 1.54) is 23.9 Å². The van der Waals surface area contributed by atoms with Gasteiger partial charge in [0.05, 0.1) is 18.4 Å². The van der Waals surface area contributed by atoms with E-state index in [2.05, 4.69) is 15.4 Å². The summed E-state index contributed by atoms with van der Waals surface area (Å²) >= 11 is 0. The number of fused-ring (bicyclic) bond motifs is 1. The molecule has 2 aromatic heterocycles. The number of anilines is 1. The molecule has 3 rings (SSSR count). The molecule has 0 unspecified atom stereocenters. The first kappa shape index (κ1) is 15.5. The molecule has 8 nitrogen and oxygen atoms in total. The van der Waals surface area contributed by atoms with E-state index in [9.17, 15) is 14.4 Å². The Kier molecular flexibility index (Phi) is 3.87. The number of H-pyrrole nitrogens is 1. The third-order valence-electron chi connectivity index (χ3n) is 3.45. The van der Waals surface area contributed by atoms with E-state index >= 15 is 0 Å². The Labute approximate surface area is 136 Å². The number of ether oxygens (including phenoxy) is 1. The van der Waals surface area contributed by atoms with Crippen LogP contribution < -0.4 is 10.9 Å². The minimum Gasteiger partial charge on any atom is -0.465 e. The summed E-state index contributed by atoms with van der Waals surface area (Å²) < 4.78 is 5.87. The normalized spacial score (nSPS) is 10.6. The fourth-order valence-corrected chi connectivity index (χ4v) is 2.33. The summed E-state index contributed by atoms with van der Waals surface area (Å²) in [5, 5.41) is 5.33. The molecule has 0 spiro atoms. The van der Waals surface area contributed by atoms with Gasteiger partial charge in [-0.15, -0.1) is 0 Å². The lowest BCUT2D eigenvalue weighted by Gasteiger charge is -2.08. The fraction of sp³-hybridized carbons (Fsp3) is 0.125. The molecule has 0 atom stereocenters. The Hall–Kier alpha value is -3.42. The number of amides is 1. The molecule has 0 bridgehead atoms. The third kappa shape index (κ3) is 2.65. The van der Waals surface area contributed by atoms with Crippen LogP contribution in [0.15, 0.2) is 41.3 Å². The Morgan fingerprint density at radius 2 is 2.00 bits per heavy atom. The SMILES string of the molecule is COC(=O)c1ccccc1NC(=O)c1c[nH]n2c(=O)cc(C)nc12. The molecule has 2 N–H and O–H groups in total. The van der Waals surface area contributed by atoms with Crippen LogP contribution in [0.5, 0.6) is 0 Å². The van der Waals surface area contributed by atoms with Crippen molar-refractivity contribution in [2.24, 2.45) is 0 Å². The molecular weight excluding hydrogens is 312 g/mol. The van der Waals surface area contributed by atoms with E-state index in [1.54, 1.807) is 31.2 Å². The van der Waals surface area contributed by atoms with Crippen molar-refractivity contribution in [3.8, 4) is 0 Å². The standard InChI is InChI=1S/C16H14N4O4/c1-9-7-13(21)20-14(18-9)11(8-17-20)15(22)19-12-6-4-3-5-10(12)16(23)24-2/h3-8,17H,1-2H3,(H,19,22). The van der Waals surface area contributed by atoms with E-state index in [0.717, 1.165) is 0 Å². The molecule has 0 saturated carbocycles. The maximum atomic E-state index is 12.5. The maximum Gasteiger partial charge on any atom is 0.339 e. The van der Waals surface area contributed by atoms with Crippen molar-refractivity contribution in [3.05, 3.63) is 63.7 Å². The van der Waals surface area contributed by atoms with Gasteiger partial charge in [-0.1, -0.05) is 12.1 Å². The van der Waals surface area contributed by atoms with Crippen LogP contribution in [0.4, 0.5) is 5.69 Å². The topological polar surface area (TPSA) is 106 Å². The van der Waals surface area contributed by atoms with Crippen LogP contribution in [-0.4, -0.2) is 33.6 Å². The number of hydrogen-bond donors (Lipinski definition) is 2. The van der Waals surface area contributed by atoms with Crippen molar-refractivity contribution in [2.45, 2.75) is 6.92 Å². The van der Waals surface area contributed by atoms with Gasteiger partial charge in [0.1, 0.15) is 5.56 Å². The van der Waals surface area contributed by atoms with Gasteiger partial charge in [-0.2, -0.15) is 0 Å². The van der Waals surface area contributed by atoms with Crippen molar-refractivity contribution >= 4 is 23.2 Å².